The Bertz CT molecular complexity index is 539. The van der Waals surface area contributed by atoms with Gasteiger partial charge in [-0.3, -0.25) is 4.79 Å². The van der Waals surface area contributed by atoms with E-state index in [9.17, 15) is 4.79 Å². The minimum atomic E-state index is -0.385. The minimum Gasteiger partial charge on any atom is -0.366 e. The van der Waals surface area contributed by atoms with Gasteiger partial charge in [0.25, 0.3) is 5.91 Å². The van der Waals surface area contributed by atoms with Gasteiger partial charge in [0, 0.05) is 19.3 Å². The van der Waals surface area contributed by atoms with Gasteiger partial charge in [-0.2, -0.15) is 5.26 Å². The van der Waals surface area contributed by atoms with Crippen molar-refractivity contribution in [1.29, 1.82) is 5.26 Å². The smallest absolute Gasteiger partial charge is 0.272 e. The molecule has 1 fully saturated rings. The van der Waals surface area contributed by atoms with Gasteiger partial charge in [0.05, 0.1) is 16.8 Å². The molecule has 0 bridgehead atoms. The summed E-state index contributed by atoms with van der Waals surface area (Å²) in [6, 6.07) is 5.19. The van der Waals surface area contributed by atoms with E-state index in [1.807, 2.05) is 33.8 Å². The fraction of sp³-hybridized carbons (Fsp3) is 0.533. The zero-order valence-electron chi connectivity index (χ0n) is 12.3. The molecule has 0 radical (unpaired) electrons. The molecule has 1 aromatic heterocycles. The van der Waals surface area contributed by atoms with E-state index in [1.54, 1.807) is 17.0 Å². The van der Waals surface area contributed by atoms with Crippen LogP contribution in [0.25, 0.3) is 0 Å². The van der Waals surface area contributed by atoms with Crippen molar-refractivity contribution in [2.24, 2.45) is 0 Å². The summed E-state index contributed by atoms with van der Waals surface area (Å²) in [7, 11) is 0. The highest BCUT2D eigenvalue weighted by Crippen LogP contribution is 2.28. The molecule has 20 heavy (non-hydrogen) atoms. The van der Waals surface area contributed by atoms with Crippen LogP contribution >= 0.6 is 0 Å². The van der Waals surface area contributed by atoms with Crippen LogP contribution in [0.4, 0.5) is 0 Å². The number of morpholine rings is 1. The SMILES string of the molecule is CC1(C)CN(C(=O)c2ccc(C#N)cn2)CC(C)(C)O1. The predicted octanol–water partition coefficient (Wildman–Crippen LogP) is 1.98. The van der Waals surface area contributed by atoms with E-state index in [0.29, 0.717) is 24.3 Å². The number of hydrogen-bond acceptors (Lipinski definition) is 4. The van der Waals surface area contributed by atoms with E-state index in [4.69, 9.17) is 10.00 Å². The topological polar surface area (TPSA) is 66.2 Å². The molecular formula is C15H19N3O2. The van der Waals surface area contributed by atoms with Gasteiger partial charge in [0.1, 0.15) is 11.8 Å². The number of carbonyl (C=O) groups excluding carboxylic acids is 1. The lowest BCUT2D eigenvalue weighted by Crippen LogP contribution is -2.58. The summed E-state index contributed by atoms with van der Waals surface area (Å²) in [4.78, 5) is 18.3. The average Bonchev–Trinajstić information content (AvgIpc) is 2.34. The molecule has 1 amide bonds. The van der Waals surface area contributed by atoms with Crippen LogP contribution in [-0.4, -0.2) is 40.1 Å². The highest BCUT2D eigenvalue weighted by atomic mass is 16.5. The minimum absolute atomic E-state index is 0.126. The first-order chi connectivity index (χ1) is 9.22. The van der Waals surface area contributed by atoms with Gasteiger partial charge in [0.15, 0.2) is 0 Å². The van der Waals surface area contributed by atoms with E-state index < -0.39 is 0 Å². The molecule has 2 heterocycles. The third-order valence-electron chi connectivity index (χ3n) is 3.09. The summed E-state index contributed by atoms with van der Waals surface area (Å²) in [5, 5.41) is 8.75. The summed E-state index contributed by atoms with van der Waals surface area (Å²) in [6.07, 6.45) is 1.42. The average molecular weight is 273 g/mol. The van der Waals surface area contributed by atoms with Crippen LogP contribution in [0.5, 0.6) is 0 Å². The standard InChI is InChI=1S/C15H19N3O2/c1-14(2)9-18(10-15(3,4)20-14)13(19)12-6-5-11(7-16)8-17-12/h5-6,8H,9-10H2,1-4H3. The summed E-state index contributed by atoms with van der Waals surface area (Å²) in [5.74, 6) is -0.126. The van der Waals surface area contributed by atoms with E-state index in [2.05, 4.69) is 4.98 Å². The number of hydrogen-bond donors (Lipinski definition) is 0. The highest BCUT2D eigenvalue weighted by molar-refractivity contribution is 5.92. The predicted molar refractivity (Wildman–Crippen MR) is 74.1 cm³/mol. The Hall–Kier alpha value is -1.93. The van der Waals surface area contributed by atoms with Crippen molar-refractivity contribution in [3.8, 4) is 6.07 Å². The molecule has 5 heteroatoms. The van der Waals surface area contributed by atoms with Gasteiger partial charge < -0.3 is 9.64 Å². The molecule has 0 N–H and O–H groups in total. The Balaban J connectivity index is 2.21. The third kappa shape index (κ3) is 3.14. The van der Waals surface area contributed by atoms with Crippen LogP contribution in [0.3, 0.4) is 0 Å². The van der Waals surface area contributed by atoms with E-state index in [-0.39, 0.29) is 17.1 Å². The molecule has 1 saturated heterocycles. The summed E-state index contributed by atoms with van der Waals surface area (Å²) < 4.78 is 5.96. The number of aromatic nitrogens is 1. The molecule has 106 valence electrons. The maximum Gasteiger partial charge on any atom is 0.272 e. The van der Waals surface area contributed by atoms with Crippen LogP contribution in [0.15, 0.2) is 18.3 Å². The zero-order valence-corrected chi connectivity index (χ0v) is 12.3. The van der Waals surface area contributed by atoms with Crippen LogP contribution < -0.4 is 0 Å². The Morgan fingerprint density at radius 1 is 1.30 bits per heavy atom. The Morgan fingerprint density at radius 3 is 2.35 bits per heavy atom. The van der Waals surface area contributed by atoms with Crippen LogP contribution in [0.2, 0.25) is 0 Å². The molecule has 0 saturated carbocycles. The number of amides is 1. The quantitative estimate of drug-likeness (QED) is 0.784. The second-order valence-electron chi connectivity index (χ2n) is 6.33. The van der Waals surface area contributed by atoms with E-state index in [1.165, 1.54) is 6.20 Å². The number of rotatable bonds is 1. The van der Waals surface area contributed by atoms with Gasteiger partial charge in [-0.05, 0) is 39.8 Å². The second-order valence-corrected chi connectivity index (χ2v) is 6.33. The largest absolute Gasteiger partial charge is 0.366 e. The summed E-state index contributed by atoms with van der Waals surface area (Å²) >= 11 is 0. The number of pyridine rings is 1. The lowest BCUT2D eigenvalue weighted by Gasteiger charge is -2.47. The Morgan fingerprint density at radius 2 is 1.90 bits per heavy atom. The fourth-order valence-corrected chi connectivity index (χ4v) is 2.68. The molecular weight excluding hydrogens is 254 g/mol. The molecule has 1 aromatic rings. The van der Waals surface area contributed by atoms with Gasteiger partial charge in [-0.1, -0.05) is 0 Å². The maximum atomic E-state index is 12.5. The molecule has 5 nitrogen and oxygen atoms in total. The number of carbonyl (C=O) groups is 1. The van der Waals surface area contributed by atoms with Crippen LogP contribution in [0, 0.1) is 11.3 Å². The lowest BCUT2D eigenvalue weighted by molar-refractivity contribution is -0.171. The van der Waals surface area contributed by atoms with Gasteiger partial charge in [0.2, 0.25) is 0 Å². The molecule has 2 rings (SSSR count). The lowest BCUT2D eigenvalue weighted by atomic mass is 9.98. The monoisotopic (exact) mass is 273 g/mol. The molecule has 0 aliphatic carbocycles. The first-order valence-corrected chi connectivity index (χ1v) is 6.58. The van der Waals surface area contributed by atoms with Crippen molar-refractivity contribution in [2.75, 3.05) is 13.1 Å². The molecule has 0 aromatic carbocycles. The zero-order chi connectivity index (χ0) is 15.0. The molecule has 1 aliphatic heterocycles. The van der Waals surface area contributed by atoms with Crippen LogP contribution in [-0.2, 0) is 4.74 Å². The van der Waals surface area contributed by atoms with Crippen LogP contribution in [0.1, 0.15) is 43.7 Å². The molecule has 0 unspecified atom stereocenters. The van der Waals surface area contributed by atoms with Gasteiger partial charge in [-0.25, -0.2) is 4.98 Å². The van der Waals surface area contributed by atoms with Crippen molar-refractivity contribution in [2.45, 2.75) is 38.9 Å². The van der Waals surface area contributed by atoms with E-state index >= 15 is 0 Å². The van der Waals surface area contributed by atoms with Crippen molar-refractivity contribution in [1.82, 2.24) is 9.88 Å². The number of nitriles is 1. The second kappa shape index (κ2) is 4.88. The highest BCUT2D eigenvalue weighted by Gasteiger charge is 2.40. The number of ether oxygens (including phenoxy) is 1. The Labute approximate surface area is 119 Å². The summed E-state index contributed by atoms with van der Waals surface area (Å²) in [5.41, 5.74) is 0.0373. The summed E-state index contributed by atoms with van der Waals surface area (Å²) in [6.45, 7) is 8.94. The van der Waals surface area contributed by atoms with Crippen molar-refractivity contribution < 1.29 is 9.53 Å². The molecule has 1 aliphatic rings. The molecule has 0 spiro atoms. The van der Waals surface area contributed by atoms with Crippen molar-refractivity contribution in [3.63, 3.8) is 0 Å². The fourth-order valence-electron chi connectivity index (χ4n) is 2.68. The van der Waals surface area contributed by atoms with Crippen molar-refractivity contribution in [3.05, 3.63) is 29.6 Å². The van der Waals surface area contributed by atoms with Gasteiger partial charge >= 0.3 is 0 Å². The van der Waals surface area contributed by atoms with E-state index in [0.717, 1.165) is 0 Å². The third-order valence-corrected chi connectivity index (χ3v) is 3.09. The normalized spacial score (nSPS) is 20.2. The maximum absolute atomic E-state index is 12.5. The first kappa shape index (κ1) is 14.5. The number of nitrogens with zero attached hydrogens (tertiary/aromatic N) is 3. The Kier molecular flexibility index (Phi) is 3.53. The molecule has 0 atom stereocenters. The first-order valence-electron chi connectivity index (χ1n) is 6.58. The van der Waals surface area contributed by atoms with Gasteiger partial charge in [-0.15, -0.1) is 0 Å². The van der Waals surface area contributed by atoms with Crippen molar-refractivity contribution >= 4 is 5.91 Å².